The molecular weight excluding hydrogens is 461 g/mol. The number of halogens is 6. The quantitative estimate of drug-likeness (QED) is 0.360. The highest BCUT2D eigenvalue weighted by Crippen LogP contribution is 2.53. The molecule has 12 heteroatoms. The van der Waals surface area contributed by atoms with Crippen molar-refractivity contribution in [1.29, 1.82) is 0 Å². The van der Waals surface area contributed by atoms with E-state index < -0.39 is 43.2 Å². The number of aliphatic hydroxyl groups excluding tert-OH is 2. The molecule has 4 N–H and O–H groups in total. The van der Waals surface area contributed by atoms with Crippen LogP contribution in [0.2, 0.25) is 0 Å². The number of alkyl halides is 6. The molecule has 2 amide bonds. The van der Waals surface area contributed by atoms with Crippen LogP contribution in [-0.4, -0.2) is 42.1 Å². The number of carbonyl (C=O) groups is 2. The third kappa shape index (κ3) is 6.32. The van der Waals surface area contributed by atoms with Crippen molar-refractivity contribution in [3.63, 3.8) is 0 Å². The van der Waals surface area contributed by atoms with E-state index in [1.165, 1.54) is 0 Å². The summed E-state index contributed by atoms with van der Waals surface area (Å²) < 4.78 is -4.09. The first kappa shape index (κ1) is 23.6. The number of aliphatic hydroxyl groups is 2. The first-order valence-corrected chi connectivity index (χ1v) is 9.43. The summed E-state index contributed by atoms with van der Waals surface area (Å²) in [4.78, 5) is 24.1. The minimum Gasteiger partial charge on any atom is -0.369 e. The van der Waals surface area contributed by atoms with Gasteiger partial charge in [-0.1, -0.05) is 83.5 Å². The van der Waals surface area contributed by atoms with Crippen molar-refractivity contribution in [2.24, 2.45) is 17.3 Å². The summed E-state index contributed by atoms with van der Waals surface area (Å²) in [5.74, 6) is -1.64. The molecule has 146 valence electrons. The van der Waals surface area contributed by atoms with Crippen LogP contribution in [0.5, 0.6) is 0 Å². The van der Waals surface area contributed by atoms with Gasteiger partial charge in [0.05, 0.1) is 0 Å². The second-order valence-corrected chi connectivity index (χ2v) is 11.2. The van der Waals surface area contributed by atoms with Crippen molar-refractivity contribution in [2.75, 3.05) is 0 Å². The Hall–Kier alpha value is 0.600. The second kappa shape index (κ2) is 8.31. The van der Waals surface area contributed by atoms with E-state index in [-0.39, 0.29) is 12.3 Å². The van der Waals surface area contributed by atoms with Crippen molar-refractivity contribution in [2.45, 2.75) is 46.7 Å². The summed E-state index contributed by atoms with van der Waals surface area (Å²) in [6.07, 6.45) is -2.89. The number of amides is 2. The topological polar surface area (TPSA) is 98.7 Å². The first-order valence-electron chi connectivity index (χ1n) is 7.16. The SMILES string of the molecule is CC1(C)[C@@H](CC(=O)N[C@H](O)C(Cl)(Cl)Cl)C[C@H]1C(=O)N[C@H](O)C(Cl)(Cl)Cl. The van der Waals surface area contributed by atoms with Gasteiger partial charge < -0.3 is 20.8 Å². The lowest BCUT2D eigenvalue weighted by Crippen LogP contribution is -2.57. The van der Waals surface area contributed by atoms with Crippen molar-refractivity contribution >= 4 is 81.4 Å². The molecule has 0 heterocycles. The third-order valence-corrected chi connectivity index (χ3v) is 5.66. The number of hydrogen-bond donors (Lipinski definition) is 4. The summed E-state index contributed by atoms with van der Waals surface area (Å²) >= 11 is 32.9. The zero-order chi connectivity index (χ0) is 19.8. The van der Waals surface area contributed by atoms with Crippen molar-refractivity contribution in [3.05, 3.63) is 0 Å². The van der Waals surface area contributed by atoms with E-state index in [1.807, 2.05) is 0 Å². The first-order chi connectivity index (χ1) is 11.1. The Morgan fingerprint density at radius 3 is 1.88 bits per heavy atom. The molecule has 0 aromatic rings. The smallest absolute Gasteiger partial charge is 0.234 e. The zero-order valence-electron chi connectivity index (χ0n) is 13.2. The van der Waals surface area contributed by atoms with Gasteiger partial charge in [0, 0.05) is 12.3 Å². The molecular formula is C13H18Cl6N2O4. The third-order valence-electron chi connectivity index (χ3n) is 4.42. The van der Waals surface area contributed by atoms with Gasteiger partial charge in [-0.2, -0.15) is 0 Å². The Balaban J connectivity index is 2.58. The maximum absolute atomic E-state index is 12.2. The molecule has 0 aliphatic heterocycles. The number of carbonyl (C=O) groups excluding carboxylic acids is 2. The van der Waals surface area contributed by atoms with Crippen LogP contribution in [0.15, 0.2) is 0 Å². The van der Waals surface area contributed by atoms with Gasteiger partial charge in [-0.05, 0) is 17.8 Å². The van der Waals surface area contributed by atoms with E-state index >= 15 is 0 Å². The molecule has 1 aliphatic carbocycles. The fourth-order valence-electron chi connectivity index (χ4n) is 2.64. The molecule has 1 rings (SSSR count). The van der Waals surface area contributed by atoms with Crippen LogP contribution >= 0.6 is 69.6 Å². The van der Waals surface area contributed by atoms with Gasteiger partial charge >= 0.3 is 0 Å². The van der Waals surface area contributed by atoms with Crippen LogP contribution in [0, 0.1) is 17.3 Å². The molecule has 1 aliphatic rings. The highest BCUT2D eigenvalue weighted by Gasteiger charge is 2.53. The van der Waals surface area contributed by atoms with Crippen LogP contribution in [-0.2, 0) is 9.59 Å². The average Bonchev–Trinajstić information content (AvgIpc) is 2.40. The predicted octanol–water partition coefficient (Wildman–Crippen LogP) is 2.65. The van der Waals surface area contributed by atoms with Gasteiger partial charge in [-0.15, -0.1) is 0 Å². The van der Waals surface area contributed by atoms with E-state index in [1.54, 1.807) is 13.8 Å². The van der Waals surface area contributed by atoms with E-state index in [0.717, 1.165) is 0 Å². The molecule has 0 radical (unpaired) electrons. The summed E-state index contributed by atoms with van der Waals surface area (Å²) in [5, 5.41) is 23.6. The van der Waals surface area contributed by atoms with Gasteiger partial charge in [-0.3, -0.25) is 9.59 Å². The summed E-state index contributed by atoms with van der Waals surface area (Å²) in [7, 11) is 0. The van der Waals surface area contributed by atoms with Crippen LogP contribution < -0.4 is 10.6 Å². The van der Waals surface area contributed by atoms with Gasteiger partial charge in [0.1, 0.15) is 0 Å². The number of hydrogen-bond acceptors (Lipinski definition) is 4. The van der Waals surface area contributed by atoms with E-state index in [0.29, 0.717) is 6.42 Å². The fraction of sp³-hybridized carbons (Fsp3) is 0.846. The van der Waals surface area contributed by atoms with Crippen LogP contribution in [0.1, 0.15) is 26.7 Å². The van der Waals surface area contributed by atoms with Gasteiger partial charge in [0.15, 0.2) is 12.5 Å². The Morgan fingerprint density at radius 2 is 1.48 bits per heavy atom. The van der Waals surface area contributed by atoms with Crippen molar-refractivity contribution < 1.29 is 19.8 Å². The molecule has 1 fully saturated rings. The molecule has 25 heavy (non-hydrogen) atoms. The molecule has 0 spiro atoms. The van der Waals surface area contributed by atoms with Crippen LogP contribution in [0.25, 0.3) is 0 Å². The van der Waals surface area contributed by atoms with E-state index in [4.69, 9.17) is 69.6 Å². The molecule has 0 saturated heterocycles. The molecule has 0 bridgehead atoms. The lowest BCUT2D eigenvalue weighted by atomic mass is 9.53. The number of rotatable bonds is 5. The summed E-state index contributed by atoms with van der Waals surface area (Å²) in [6.45, 7) is 3.59. The van der Waals surface area contributed by atoms with E-state index in [9.17, 15) is 19.8 Å². The molecule has 0 unspecified atom stereocenters. The number of nitrogens with one attached hydrogen (secondary N) is 2. The molecule has 0 aromatic heterocycles. The lowest BCUT2D eigenvalue weighted by Gasteiger charge is -2.51. The minimum atomic E-state index is -2.05. The highest BCUT2D eigenvalue weighted by molar-refractivity contribution is 6.68. The normalized spacial score (nSPS) is 25.5. The molecule has 0 aromatic carbocycles. The monoisotopic (exact) mass is 476 g/mol. The summed E-state index contributed by atoms with van der Waals surface area (Å²) in [5.41, 5.74) is -0.556. The Morgan fingerprint density at radius 1 is 1.04 bits per heavy atom. The lowest BCUT2D eigenvalue weighted by molar-refractivity contribution is -0.147. The van der Waals surface area contributed by atoms with Gasteiger partial charge in [-0.25, -0.2) is 0 Å². The van der Waals surface area contributed by atoms with E-state index in [2.05, 4.69) is 10.6 Å². The van der Waals surface area contributed by atoms with Crippen LogP contribution in [0.3, 0.4) is 0 Å². The van der Waals surface area contributed by atoms with Gasteiger partial charge in [0.2, 0.25) is 19.4 Å². The Bertz CT molecular complexity index is 520. The standard InChI is InChI=1S/C13H18Cl6N2O4/c1-11(2)5(4-7(22)20-9(24)12(14,15)16)3-6(11)8(23)21-10(25)13(17,18)19/h5-6,9-10,24-25H,3-4H2,1-2H3,(H,20,22)(H,21,23)/t5-,6+,9-,10-/m1/s1. The van der Waals surface area contributed by atoms with Crippen LogP contribution in [0.4, 0.5) is 0 Å². The Kier molecular flexibility index (Phi) is 7.86. The van der Waals surface area contributed by atoms with Crippen molar-refractivity contribution in [3.8, 4) is 0 Å². The molecule has 1 saturated carbocycles. The predicted molar refractivity (Wildman–Crippen MR) is 98.9 cm³/mol. The maximum Gasteiger partial charge on any atom is 0.234 e. The summed E-state index contributed by atoms with van der Waals surface area (Å²) in [6, 6.07) is 0. The second-order valence-electron chi connectivity index (χ2n) is 6.48. The zero-order valence-corrected chi connectivity index (χ0v) is 17.7. The van der Waals surface area contributed by atoms with Gasteiger partial charge in [0.25, 0.3) is 0 Å². The largest absolute Gasteiger partial charge is 0.369 e. The fourth-order valence-corrected chi connectivity index (χ4v) is 2.97. The molecule has 6 nitrogen and oxygen atoms in total. The molecule has 4 atom stereocenters. The van der Waals surface area contributed by atoms with Crippen molar-refractivity contribution in [1.82, 2.24) is 10.6 Å². The average molecular weight is 479 g/mol. The maximum atomic E-state index is 12.2. The highest BCUT2D eigenvalue weighted by atomic mass is 35.6. The Labute approximate surface area is 175 Å². The minimum absolute atomic E-state index is 0.0294.